The molecule has 10 nitrogen and oxygen atoms in total. The van der Waals surface area contributed by atoms with E-state index in [9.17, 15) is 4.79 Å². The van der Waals surface area contributed by atoms with Crippen molar-refractivity contribution in [3.63, 3.8) is 0 Å². The molecule has 196 valence electrons. The van der Waals surface area contributed by atoms with Gasteiger partial charge in [-0.3, -0.25) is 4.79 Å². The van der Waals surface area contributed by atoms with Crippen molar-refractivity contribution >= 4 is 28.9 Å². The predicted octanol–water partition coefficient (Wildman–Crippen LogP) is 4.97. The topological polar surface area (TPSA) is 109 Å². The van der Waals surface area contributed by atoms with Crippen molar-refractivity contribution < 1.29 is 23.7 Å². The van der Waals surface area contributed by atoms with Crippen molar-refractivity contribution in [2.45, 2.75) is 13.0 Å². The second kappa shape index (κ2) is 10.5. The molecule has 2 aromatic heterocycles. The van der Waals surface area contributed by atoms with Crippen molar-refractivity contribution in [2.75, 3.05) is 39.1 Å². The molecule has 5 rings (SSSR count). The van der Waals surface area contributed by atoms with Crippen molar-refractivity contribution in [2.24, 2.45) is 0 Å². The lowest BCUT2D eigenvalue weighted by atomic mass is 10.0. The van der Waals surface area contributed by atoms with Crippen LogP contribution >= 0.6 is 11.3 Å². The molecule has 1 amide bonds. The molecule has 0 spiro atoms. The largest absolute Gasteiger partial charge is 0.495 e. The first-order valence-corrected chi connectivity index (χ1v) is 12.6. The van der Waals surface area contributed by atoms with Crippen LogP contribution in [-0.2, 0) is 4.79 Å². The highest BCUT2D eigenvalue weighted by molar-refractivity contribution is 7.10. The molecule has 0 saturated carbocycles. The fourth-order valence-corrected chi connectivity index (χ4v) is 5.24. The summed E-state index contributed by atoms with van der Waals surface area (Å²) < 4.78 is 23.6. The number of aromatic nitrogens is 3. The number of nitrogens with one attached hydrogen (secondary N) is 2. The summed E-state index contributed by atoms with van der Waals surface area (Å²) in [7, 11) is 6.23. The molecular weight excluding hydrogens is 506 g/mol. The zero-order valence-corrected chi connectivity index (χ0v) is 22.4. The van der Waals surface area contributed by atoms with E-state index in [2.05, 4.69) is 10.6 Å². The number of fused-ring (bicyclic) bond motifs is 1. The number of hydrogen-bond donors (Lipinski definition) is 2. The third kappa shape index (κ3) is 4.41. The maximum Gasteiger partial charge on any atom is 0.256 e. The number of nitrogens with zero attached hydrogens (tertiary/aromatic N) is 3. The van der Waals surface area contributed by atoms with Gasteiger partial charge in [-0.15, -0.1) is 16.4 Å². The Morgan fingerprint density at radius 3 is 2.32 bits per heavy atom. The molecule has 0 saturated heterocycles. The van der Waals surface area contributed by atoms with Gasteiger partial charge in [0.2, 0.25) is 11.7 Å². The van der Waals surface area contributed by atoms with Gasteiger partial charge in [0.15, 0.2) is 17.3 Å². The van der Waals surface area contributed by atoms with Crippen LogP contribution in [0.25, 0.3) is 11.4 Å². The Hall–Kier alpha value is -4.51. The molecule has 1 aliphatic heterocycles. The number of ether oxygens (including phenoxy) is 4. The van der Waals surface area contributed by atoms with Crippen LogP contribution in [0.3, 0.4) is 0 Å². The summed E-state index contributed by atoms with van der Waals surface area (Å²) in [6.45, 7) is 1.86. The number of amides is 1. The fraction of sp³-hybridized carbons (Fsp3) is 0.222. The predicted molar refractivity (Wildman–Crippen MR) is 146 cm³/mol. The minimum atomic E-state index is -0.496. The number of thiophene rings is 1. The molecular formula is C27H27N5O5S. The maximum absolute atomic E-state index is 13.7. The molecule has 2 aromatic carbocycles. The minimum Gasteiger partial charge on any atom is -0.495 e. The van der Waals surface area contributed by atoms with Crippen LogP contribution in [0, 0.1) is 0 Å². The third-order valence-corrected chi connectivity index (χ3v) is 7.11. The van der Waals surface area contributed by atoms with E-state index in [1.54, 1.807) is 68.7 Å². The lowest BCUT2D eigenvalue weighted by molar-refractivity contribution is -0.113. The first kappa shape index (κ1) is 25.2. The van der Waals surface area contributed by atoms with Crippen molar-refractivity contribution in [3.8, 4) is 34.4 Å². The summed E-state index contributed by atoms with van der Waals surface area (Å²) in [5.74, 6) is 2.71. The van der Waals surface area contributed by atoms with E-state index in [1.165, 1.54) is 0 Å². The average molecular weight is 534 g/mol. The van der Waals surface area contributed by atoms with Crippen molar-refractivity contribution in [1.82, 2.24) is 14.8 Å². The van der Waals surface area contributed by atoms with Crippen molar-refractivity contribution in [1.29, 1.82) is 0 Å². The number of para-hydroxylation sites is 2. The molecule has 4 aromatic rings. The monoisotopic (exact) mass is 533 g/mol. The van der Waals surface area contributed by atoms with Crippen LogP contribution in [0.4, 0.5) is 11.6 Å². The molecule has 38 heavy (non-hydrogen) atoms. The van der Waals surface area contributed by atoms with Gasteiger partial charge in [0.05, 0.1) is 39.7 Å². The Labute approximate surface area is 223 Å². The summed E-state index contributed by atoms with van der Waals surface area (Å²) in [6.07, 6.45) is 0. The SMILES string of the molecule is COc1ccccc1NC(=O)C1=C(C)Nc2nc(-c3cc(OC)c(OC)c(OC)c3)nn2C1c1cccs1. The zero-order chi connectivity index (χ0) is 26.8. The molecule has 0 aliphatic carbocycles. The van der Waals surface area contributed by atoms with Crippen LogP contribution in [0.2, 0.25) is 0 Å². The fourth-order valence-electron chi connectivity index (χ4n) is 4.43. The van der Waals surface area contributed by atoms with E-state index in [-0.39, 0.29) is 5.91 Å². The van der Waals surface area contributed by atoms with Gasteiger partial charge in [0, 0.05) is 16.1 Å². The second-order valence-electron chi connectivity index (χ2n) is 8.35. The van der Waals surface area contributed by atoms with E-state index in [4.69, 9.17) is 29.0 Å². The normalized spacial score (nSPS) is 14.4. The first-order chi connectivity index (χ1) is 18.5. The van der Waals surface area contributed by atoms with Gasteiger partial charge in [-0.05, 0) is 42.6 Å². The van der Waals surface area contributed by atoms with Gasteiger partial charge in [-0.1, -0.05) is 18.2 Å². The molecule has 0 fully saturated rings. The Kier molecular flexibility index (Phi) is 6.93. The summed E-state index contributed by atoms with van der Waals surface area (Å²) in [5.41, 5.74) is 2.44. The number of carbonyl (C=O) groups excluding carboxylic acids is 1. The first-order valence-electron chi connectivity index (χ1n) is 11.7. The Morgan fingerprint density at radius 1 is 0.974 bits per heavy atom. The average Bonchev–Trinajstić information content (AvgIpc) is 3.62. The van der Waals surface area contributed by atoms with E-state index >= 15 is 0 Å². The summed E-state index contributed by atoms with van der Waals surface area (Å²) >= 11 is 1.54. The highest BCUT2D eigenvalue weighted by atomic mass is 32.1. The molecule has 11 heteroatoms. The maximum atomic E-state index is 13.7. The van der Waals surface area contributed by atoms with Gasteiger partial charge < -0.3 is 29.6 Å². The van der Waals surface area contributed by atoms with Crippen LogP contribution in [0.1, 0.15) is 17.8 Å². The molecule has 0 radical (unpaired) electrons. The van der Waals surface area contributed by atoms with Gasteiger partial charge in [0.1, 0.15) is 11.8 Å². The van der Waals surface area contributed by atoms with Gasteiger partial charge in [-0.25, -0.2) is 4.68 Å². The molecule has 3 heterocycles. The third-order valence-electron chi connectivity index (χ3n) is 6.19. The molecule has 1 aliphatic rings. The number of allylic oxidation sites excluding steroid dienone is 1. The lowest BCUT2D eigenvalue weighted by Crippen LogP contribution is -2.31. The van der Waals surface area contributed by atoms with E-state index in [1.807, 2.05) is 36.6 Å². The van der Waals surface area contributed by atoms with Crippen LogP contribution in [-0.4, -0.2) is 49.1 Å². The van der Waals surface area contributed by atoms with Gasteiger partial charge >= 0.3 is 0 Å². The lowest BCUT2D eigenvalue weighted by Gasteiger charge is -2.27. The molecule has 0 bridgehead atoms. The highest BCUT2D eigenvalue weighted by Crippen LogP contribution is 2.43. The second-order valence-corrected chi connectivity index (χ2v) is 9.33. The highest BCUT2D eigenvalue weighted by Gasteiger charge is 2.35. The number of anilines is 2. The smallest absolute Gasteiger partial charge is 0.256 e. The van der Waals surface area contributed by atoms with Crippen LogP contribution < -0.4 is 29.6 Å². The molecule has 1 atom stereocenters. The minimum absolute atomic E-state index is 0.270. The van der Waals surface area contributed by atoms with E-state index < -0.39 is 6.04 Å². The van der Waals surface area contributed by atoms with Crippen LogP contribution in [0.5, 0.6) is 23.0 Å². The number of hydrogen-bond acceptors (Lipinski definition) is 9. The standard InChI is InChI=1S/C27H27N5O5S/c1-15-22(26(33)29-17-9-6-7-10-18(17)34-2)23(21-11-8-12-38-21)32-27(28-15)30-25(31-32)16-13-19(35-3)24(37-5)20(14-16)36-4/h6-14,23H,1-5H3,(H,29,33)(H,28,30,31). The number of methoxy groups -OCH3 is 4. The van der Waals surface area contributed by atoms with Crippen LogP contribution in [0.15, 0.2) is 65.2 Å². The zero-order valence-electron chi connectivity index (χ0n) is 21.6. The Morgan fingerprint density at radius 2 is 1.68 bits per heavy atom. The van der Waals surface area contributed by atoms with Gasteiger partial charge in [0.25, 0.3) is 5.91 Å². The van der Waals surface area contributed by atoms with Crippen molar-refractivity contribution in [3.05, 3.63) is 70.1 Å². The number of rotatable bonds is 8. The van der Waals surface area contributed by atoms with Gasteiger partial charge in [-0.2, -0.15) is 4.98 Å². The Bertz CT molecular complexity index is 1490. The van der Waals surface area contributed by atoms with E-state index in [0.717, 1.165) is 4.88 Å². The Balaban J connectivity index is 1.58. The number of carbonyl (C=O) groups is 1. The van der Waals surface area contributed by atoms with E-state index in [0.29, 0.717) is 57.3 Å². The molecule has 2 N–H and O–H groups in total. The quantitative estimate of drug-likeness (QED) is 0.327. The summed E-state index contributed by atoms with van der Waals surface area (Å²) in [5, 5.41) is 13.1. The molecule has 1 unspecified atom stereocenters. The summed E-state index contributed by atoms with van der Waals surface area (Å²) in [4.78, 5) is 19.4. The number of benzene rings is 2. The summed E-state index contributed by atoms with van der Waals surface area (Å²) in [6, 6.07) is 14.3.